The van der Waals surface area contributed by atoms with Crippen LogP contribution >= 0.6 is 15.9 Å². The SMILES string of the molecule is COCc1ccccc1C1C[C@@H](N)c2ccc(Br)cc2O1. The topological polar surface area (TPSA) is 44.5 Å². The van der Waals surface area contributed by atoms with E-state index in [2.05, 4.69) is 28.1 Å². The van der Waals surface area contributed by atoms with E-state index in [1.807, 2.05) is 30.3 Å². The summed E-state index contributed by atoms with van der Waals surface area (Å²) in [5.74, 6) is 0.861. The fraction of sp³-hybridized carbons (Fsp3) is 0.294. The standard InChI is InChI=1S/C17H18BrNO2/c1-20-10-11-4-2-3-5-13(11)17-9-15(19)14-7-6-12(18)8-16(14)21-17/h2-8,15,17H,9-10,19H2,1H3/t15-,17?/m1/s1. The van der Waals surface area contributed by atoms with Gasteiger partial charge in [0.2, 0.25) is 0 Å². The largest absolute Gasteiger partial charge is 0.485 e. The lowest BCUT2D eigenvalue weighted by atomic mass is 9.91. The molecule has 1 aliphatic rings. The number of ether oxygens (including phenoxy) is 2. The first-order chi connectivity index (χ1) is 10.2. The van der Waals surface area contributed by atoms with Crippen molar-refractivity contribution in [2.45, 2.75) is 25.2 Å². The van der Waals surface area contributed by atoms with Gasteiger partial charge in [-0.2, -0.15) is 0 Å². The molecule has 0 aromatic heterocycles. The number of rotatable bonds is 3. The summed E-state index contributed by atoms with van der Waals surface area (Å²) in [5.41, 5.74) is 9.69. The molecule has 4 heteroatoms. The summed E-state index contributed by atoms with van der Waals surface area (Å²) >= 11 is 3.49. The number of halogens is 1. The molecule has 0 bridgehead atoms. The van der Waals surface area contributed by atoms with Gasteiger partial charge >= 0.3 is 0 Å². The maximum atomic E-state index is 6.32. The average molecular weight is 348 g/mol. The van der Waals surface area contributed by atoms with E-state index in [0.29, 0.717) is 6.61 Å². The highest BCUT2D eigenvalue weighted by Gasteiger charge is 2.28. The fourth-order valence-corrected chi connectivity index (χ4v) is 3.14. The van der Waals surface area contributed by atoms with Crippen LogP contribution in [-0.2, 0) is 11.3 Å². The molecular weight excluding hydrogens is 330 g/mol. The molecule has 2 aromatic rings. The highest BCUT2D eigenvalue weighted by atomic mass is 79.9. The Labute approximate surface area is 133 Å². The second kappa shape index (κ2) is 6.18. The Morgan fingerprint density at radius 3 is 2.86 bits per heavy atom. The first kappa shape index (κ1) is 14.6. The molecule has 2 N–H and O–H groups in total. The van der Waals surface area contributed by atoms with Crippen LogP contribution in [0, 0.1) is 0 Å². The van der Waals surface area contributed by atoms with Crippen molar-refractivity contribution in [1.82, 2.24) is 0 Å². The molecule has 3 rings (SSSR count). The summed E-state index contributed by atoms with van der Waals surface area (Å²) in [6, 6.07) is 14.2. The molecule has 1 unspecified atom stereocenters. The number of nitrogens with two attached hydrogens (primary N) is 1. The monoisotopic (exact) mass is 347 g/mol. The Morgan fingerprint density at radius 1 is 1.24 bits per heavy atom. The maximum Gasteiger partial charge on any atom is 0.126 e. The molecule has 1 heterocycles. The maximum absolute atomic E-state index is 6.32. The van der Waals surface area contributed by atoms with Gasteiger partial charge in [0.1, 0.15) is 11.9 Å². The van der Waals surface area contributed by atoms with Crippen LogP contribution in [0.25, 0.3) is 0 Å². The van der Waals surface area contributed by atoms with Crippen molar-refractivity contribution in [3.8, 4) is 5.75 Å². The van der Waals surface area contributed by atoms with E-state index < -0.39 is 0 Å². The molecular formula is C17H18BrNO2. The summed E-state index contributed by atoms with van der Waals surface area (Å²) in [6.07, 6.45) is 0.739. The van der Waals surface area contributed by atoms with Crippen LogP contribution in [0.15, 0.2) is 46.9 Å². The number of hydrogen-bond donors (Lipinski definition) is 1. The summed E-state index contributed by atoms with van der Waals surface area (Å²) in [6.45, 7) is 0.580. The Hall–Kier alpha value is -1.36. The molecule has 2 atom stereocenters. The van der Waals surface area contributed by atoms with Gasteiger partial charge in [0.25, 0.3) is 0 Å². The van der Waals surface area contributed by atoms with Crippen LogP contribution in [0.1, 0.15) is 35.3 Å². The van der Waals surface area contributed by atoms with Crippen molar-refractivity contribution < 1.29 is 9.47 Å². The zero-order valence-electron chi connectivity index (χ0n) is 11.9. The molecule has 0 spiro atoms. The van der Waals surface area contributed by atoms with E-state index in [9.17, 15) is 0 Å². The molecule has 3 nitrogen and oxygen atoms in total. The third-order valence-corrected chi connectivity index (χ3v) is 4.31. The molecule has 110 valence electrons. The molecule has 0 aliphatic carbocycles. The number of methoxy groups -OCH3 is 1. The second-order valence-electron chi connectivity index (χ2n) is 5.26. The van der Waals surface area contributed by atoms with Crippen molar-refractivity contribution in [3.05, 3.63) is 63.6 Å². The van der Waals surface area contributed by atoms with Gasteiger partial charge in [-0.15, -0.1) is 0 Å². The minimum Gasteiger partial charge on any atom is -0.485 e. The van der Waals surface area contributed by atoms with E-state index >= 15 is 0 Å². The zero-order valence-corrected chi connectivity index (χ0v) is 13.5. The lowest BCUT2D eigenvalue weighted by Crippen LogP contribution is -2.24. The Bertz CT molecular complexity index is 644. The Balaban J connectivity index is 1.95. The van der Waals surface area contributed by atoms with Gasteiger partial charge in [-0.3, -0.25) is 0 Å². The molecule has 2 aromatic carbocycles. The van der Waals surface area contributed by atoms with E-state index in [1.54, 1.807) is 7.11 Å². The van der Waals surface area contributed by atoms with E-state index in [0.717, 1.165) is 33.3 Å². The zero-order chi connectivity index (χ0) is 14.8. The van der Waals surface area contributed by atoms with E-state index in [4.69, 9.17) is 15.2 Å². The summed E-state index contributed by atoms with van der Waals surface area (Å²) in [7, 11) is 1.71. The first-order valence-corrected chi connectivity index (χ1v) is 7.76. The minimum absolute atomic E-state index is 0.0116. The Kier molecular flexibility index (Phi) is 4.29. The highest BCUT2D eigenvalue weighted by molar-refractivity contribution is 9.10. The third kappa shape index (κ3) is 2.98. The van der Waals surface area contributed by atoms with Gasteiger partial charge < -0.3 is 15.2 Å². The minimum atomic E-state index is -0.0341. The van der Waals surface area contributed by atoms with Gasteiger partial charge in [0.15, 0.2) is 0 Å². The predicted molar refractivity (Wildman–Crippen MR) is 86.2 cm³/mol. The predicted octanol–water partition coefficient (Wildman–Crippen LogP) is 4.12. The molecule has 0 radical (unpaired) electrons. The van der Waals surface area contributed by atoms with Crippen LogP contribution < -0.4 is 10.5 Å². The van der Waals surface area contributed by atoms with Crippen molar-refractivity contribution in [2.75, 3.05) is 7.11 Å². The quantitative estimate of drug-likeness (QED) is 0.908. The Morgan fingerprint density at radius 2 is 2.05 bits per heavy atom. The lowest BCUT2D eigenvalue weighted by molar-refractivity contribution is 0.151. The number of benzene rings is 2. The van der Waals surface area contributed by atoms with E-state index in [1.165, 1.54) is 0 Å². The molecule has 0 saturated heterocycles. The normalized spacial score (nSPS) is 20.7. The van der Waals surface area contributed by atoms with Gasteiger partial charge in [-0.05, 0) is 23.3 Å². The van der Waals surface area contributed by atoms with Crippen LogP contribution in [0.3, 0.4) is 0 Å². The lowest BCUT2D eigenvalue weighted by Gasteiger charge is -2.31. The fourth-order valence-electron chi connectivity index (χ4n) is 2.80. The second-order valence-corrected chi connectivity index (χ2v) is 6.18. The number of fused-ring (bicyclic) bond motifs is 1. The summed E-state index contributed by atoms with van der Waals surface area (Å²) in [4.78, 5) is 0. The molecule has 0 saturated carbocycles. The van der Waals surface area contributed by atoms with Crippen molar-refractivity contribution in [3.63, 3.8) is 0 Å². The third-order valence-electron chi connectivity index (χ3n) is 3.81. The summed E-state index contributed by atoms with van der Waals surface area (Å²) < 4.78 is 12.5. The first-order valence-electron chi connectivity index (χ1n) is 6.97. The molecule has 1 aliphatic heterocycles. The van der Waals surface area contributed by atoms with Crippen molar-refractivity contribution >= 4 is 15.9 Å². The number of hydrogen-bond acceptors (Lipinski definition) is 3. The molecule has 0 amide bonds. The van der Waals surface area contributed by atoms with E-state index in [-0.39, 0.29) is 12.1 Å². The average Bonchev–Trinajstić information content (AvgIpc) is 2.47. The van der Waals surface area contributed by atoms with Crippen LogP contribution in [-0.4, -0.2) is 7.11 Å². The smallest absolute Gasteiger partial charge is 0.126 e. The molecule has 0 fully saturated rings. The van der Waals surface area contributed by atoms with Crippen molar-refractivity contribution in [1.29, 1.82) is 0 Å². The van der Waals surface area contributed by atoms with Gasteiger partial charge in [0.05, 0.1) is 6.61 Å². The van der Waals surface area contributed by atoms with Crippen LogP contribution in [0.2, 0.25) is 0 Å². The highest BCUT2D eigenvalue weighted by Crippen LogP contribution is 2.41. The van der Waals surface area contributed by atoms with Gasteiger partial charge in [-0.25, -0.2) is 0 Å². The van der Waals surface area contributed by atoms with Crippen molar-refractivity contribution in [2.24, 2.45) is 5.73 Å². The van der Waals surface area contributed by atoms with Crippen LogP contribution in [0.4, 0.5) is 0 Å². The summed E-state index contributed by atoms with van der Waals surface area (Å²) in [5, 5.41) is 0. The van der Waals surface area contributed by atoms with Gasteiger partial charge in [0, 0.05) is 29.6 Å². The molecule has 21 heavy (non-hydrogen) atoms. The van der Waals surface area contributed by atoms with Gasteiger partial charge in [-0.1, -0.05) is 46.3 Å². The van der Waals surface area contributed by atoms with Crippen LogP contribution in [0.5, 0.6) is 5.75 Å².